The first-order valence-electron chi connectivity index (χ1n) is 9.57. The molecule has 0 unspecified atom stereocenters. The molecule has 8 nitrogen and oxygen atoms in total. The highest BCUT2D eigenvalue weighted by Gasteiger charge is 2.34. The van der Waals surface area contributed by atoms with E-state index in [0.717, 1.165) is 5.56 Å². The Labute approximate surface area is 179 Å². The van der Waals surface area contributed by atoms with Gasteiger partial charge in [-0.2, -0.15) is 0 Å². The maximum Gasteiger partial charge on any atom is 0.290 e. The third-order valence-electron chi connectivity index (χ3n) is 4.94. The van der Waals surface area contributed by atoms with Gasteiger partial charge >= 0.3 is 0 Å². The Morgan fingerprint density at radius 1 is 1.27 bits per heavy atom. The van der Waals surface area contributed by atoms with Crippen LogP contribution in [0.1, 0.15) is 22.5 Å². The minimum Gasteiger partial charge on any atom is -0.459 e. The van der Waals surface area contributed by atoms with E-state index in [-0.39, 0.29) is 43.2 Å². The van der Waals surface area contributed by atoms with Crippen molar-refractivity contribution in [3.8, 4) is 0 Å². The van der Waals surface area contributed by atoms with Crippen molar-refractivity contribution in [3.63, 3.8) is 0 Å². The number of benzene rings is 1. The number of carbonyl (C=O) groups excluding carboxylic acids is 3. The van der Waals surface area contributed by atoms with E-state index < -0.39 is 0 Å². The number of methoxy groups -OCH3 is 1. The summed E-state index contributed by atoms with van der Waals surface area (Å²) in [5, 5.41) is 0.554. The van der Waals surface area contributed by atoms with E-state index in [1.54, 1.807) is 37.4 Å². The Balaban J connectivity index is 1.70. The molecule has 0 bridgehead atoms. The summed E-state index contributed by atoms with van der Waals surface area (Å²) in [6.45, 7) is 2.53. The lowest BCUT2D eigenvalue weighted by atomic mass is 10.2. The third kappa shape index (κ3) is 4.83. The highest BCUT2D eigenvalue weighted by Crippen LogP contribution is 2.28. The molecule has 3 rings (SSSR count). The third-order valence-corrected chi connectivity index (χ3v) is 5.35. The van der Waals surface area contributed by atoms with Crippen LogP contribution >= 0.6 is 11.6 Å². The summed E-state index contributed by atoms with van der Waals surface area (Å²) in [5.74, 6) is -0.730. The molecule has 0 radical (unpaired) electrons. The first kappa shape index (κ1) is 21.9. The van der Waals surface area contributed by atoms with Crippen LogP contribution in [-0.2, 0) is 14.3 Å². The fraction of sp³-hybridized carbons (Fsp3) is 0.381. The zero-order chi connectivity index (χ0) is 21.7. The van der Waals surface area contributed by atoms with Crippen molar-refractivity contribution in [1.29, 1.82) is 0 Å². The zero-order valence-corrected chi connectivity index (χ0v) is 17.7. The number of furan rings is 1. The number of carbonyl (C=O) groups is 3. The van der Waals surface area contributed by atoms with Gasteiger partial charge in [0.05, 0.1) is 6.26 Å². The van der Waals surface area contributed by atoms with Crippen LogP contribution in [0.2, 0.25) is 5.02 Å². The minimum absolute atomic E-state index is 0.0500. The molecule has 1 aromatic carbocycles. The Kier molecular flexibility index (Phi) is 7.12. The lowest BCUT2D eigenvalue weighted by molar-refractivity contribution is -0.132. The van der Waals surface area contributed by atoms with E-state index in [2.05, 4.69) is 0 Å². The van der Waals surface area contributed by atoms with Crippen molar-refractivity contribution in [1.82, 2.24) is 9.80 Å². The molecule has 1 aliphatic rings. The molecule has 2 aromatic rings. The minimum atomic E-state index is -0.377. The molecule has 3 amide bonds. The van der Waals surface area contributed by atoms with Gasteiger partial charge in [-0.25, -0.2) is 0 Å². The van der Waals surface area contributed by atoms with Crippen molar-refractivity contribution < 1.29 is 23.5 Å². The molecule has 1 fully saturated rings. The van der Waals surface area contributed by atoms with Gasteiger partial charge in [0.15, 0.2) is 5.76 Å². The topological polar surface area (TPSA) is 83.3 Å². The molecule has 0 aliphatic carbocycles. The van der Waals surface area contributed by atoms with E-state index >= 15 is 0 Å². The molecule has 2 heterocycles. The van der Waals surface area contributed by atoms with E-state index in [1.165, 1.54) is 21.0 Å². The quantitative estimate of drug-likeness (QED) is 0.597. The highest BCUT2D eigenvalue weighted by atomic mass is 35.5. The number of ether oxygens (including phenoxy) is 1. The molecule has 1 aliphatic heterocycles. The maximum absolute atomic E-state index is 12.9. The van der Waals surface area contributed by atoms with Gasteiger partial charge in [-0.3, -0.25) is 19.3 Å². The second-order valence-corrected chi connectivity index (χ2v) is 7.40. The van der Waals surface area contributed by atoms with Crippen LogP contribution in [0.25, 0.3) is 0 Å². The Bertz CT molecular complexity index is 915. The molecule has 0 N–H and O–H groups in total. The largest absolute Gasteiger partial charge is 0.459 e. The van der Waals surface area contributed by atoms with E-state index in [9.17, 15) is 14.4 Å². The van der Waals surface area contributed by atoms with Crippen LogP contribution in [0.5, 0.6) is 0 Å². The van der Waals surface area contributed by atoms with Gasteiger partial charge in [-0.15, -0.1) is 0 Å². The summed E-state index contributed by atoms with van der Waals surface area (Å²) in [7, 11) is 1.58. The highest BCUT2D eigenvalue weighted by molar-refractivity contribution is 6.31. The second kappa shape index (κ2) is 9.77. The predicted molar refractivity (Wildman–Crippen MR) is 111 cm³/mol. The van der Waals surface area contributed by atoms with Crippen molar-refractivity contribution in [2.24, 2.45) is 0 Å². The van der Waals surface area contributed by atoms with Gasteiger partial charge in [0.25, 0.3) is 5.91 Å². The fourth-order valence-electron chi connectivity index (χ4n) is 3.29. The number of anilines is 1. The van der Waals surface area contributed by atoms with Crippen molar-refractivity contribution >= 4 is 35.0 Å². The molecule has 160 valence electrons. The van der Waals surface area contributed by atoms with Crippen molar-refractivity contribution in [2.45, 2.75) is 13.3 Å². The zero-order valence-electron chi connectivity index (χ0n) is 17.0. The lowest BCUT2D eigenvalue weighted by Gasteiger charge is -2.24. The van der Waals surface area contributed by atoms with Crippen LogP contribution in [0.4, 0.5) is 5.69 Å². The number of nitrogens with zero attached hydrogens (tertiary/aromatic N) is 3. The van der Waals surface area contributed by atoms with Gasteiger partial charge in [-0.1, -0.05) is 17.7 Å². The summed E-state index contributed by atoms with van der Waals surface area (Å²) in [6.07, 6.45) is 1.98. The number of hydrogen-bond donors (Lipinski definition) is 0. The average Bonchev–Trinajstić information content (AvgIpc) is 3.39. The standard InChI is InChI=1S/C21H24ClN3O5/c1-15-16(22)6-3-7-17(15)25-14-24(13-20(25)27)19(26)12-23(9-5-10-29-2)21(28)18-8-4-11-30-18/h3-4,6-8,11H,5,9-10,12-14H2,1-2H3. The van der Waals surface area contributed by atoms with E-state index in [4.69, 9.17) is 20.8 Å². The number of rotatable bonds is 8. The maximum atomic E-state index is 12.9. The van der Waals surface area contributed by atoms with Gasteiger partial charge < -0.3 is 19.0 Å². The van der Waals surface area contributed by atoms with Crippen molar-refractivity contribution in [2.75, 3.05) is 44.9 Å². The van der Waals surface area contributed by atoms with Crippen LogP contribution in [0.3, 0.4) is 0 Å². The van der Waals surface area contributed by atoms with Gasteiger partial charge in [0.1, 0.15) is 19.8 Å². The number of halogens is 1. The fourth-order valence-corrected chi connectivity index (χ4v) is 3.46. The van der Waals surface area contributed by atoms with Crippen LogP contribution in [0, 0.1) is 6.92 Å². The summed E-state index contributed by atoms with van der Waals surface area (Å²) < 4.78 is 10.2. The lowest BCUT2D eigenvalue weighted by Crippen LogP contribution is -2.43. The first-order valence-corrected chi connectivity index (χ1v) is 9.95. The Morgan fingerprint density at radius 2 is 2.07 bits per heavy atom. The van der Waals surface area contributed by atoms with Gasteiger partial charge in [-0.05, 0) is 43.2 Å². The number of amides is 3. The summed E-state index contributed by atoms with van der Waals surface area (Å²) >= 11 is 6.17. The predicted octanol–water partition coefficient (Wildman–Crippen LogP) is 2.55. The molecule has 1 aromatic heterocycles. The number of hydrogen-bond acceptors (Lipinski definition) is 5. The average molecular weight is 434 g/mol. The molecular weight excluding hydrogens is 410 g/mol. The molecule has 9 heteroatoms. The van der Waals surface area contributed by atoms with E-state index in [1.807, 2.05) is 6.92 Å². The molecular formula is C21H24ClN3O5. The first-order chi connectivity index (χ1) is 14.4. The molecule has 0 saturated carbocycles. The second-order valence-electron chi connectivity index (χ2n) is 6.99. The molecule has 0 atom stereocenters. The van der Waals surface area contributed by atoms with Gasteiger partial charge in [0, 0.05) is 31.0 Å². The summed E-state index contributed by atoms with van der Waals surface area (Å²) in [4.78, 5) is 42.5. The Morgan fingerprint density at radius 3 is 2.77 bits per heavy atom. The van der Waals surface area contributed by atoms with Crippen LogP contribution in [0.15, 0.2) is 41.0 Å². The van der Waals surface area contributed by atoms with Crippen LogP contribution in [-0.4, -0.2) is 67.5 Å². The smallest absolute Gasteiger partial charge is 0.290 e. The normalized spacial score (nSPS) is 13.8. The Hall–Kier alpha value is -2.84. The monoisotopic (exact) mass is 433 g/mol. The molecule has 30 heavy (non-hydrogen) atoms. The molecule has 1 saturated heterocycles. The molecule has 0 spiro atoms. The van der Waals surface area contributed by atoms with Crippen molar-refractivity contribution in [3.05, 3.63) is 52.9 Å². The summed E-state index contributed by atoms with van der Waals surface area (Å²) in [6, 6.07) is 8.49. The SMILES string of the molecule is COCCCN(CC(=O)N1CC(=O)N(c2cccc(Cl)c2C)C1)C(=O)c1ccco1. The summed E-state index contributed by atoms with van der Waals surface area (Å²) in [5.41, 5.74) is 1.45. The van der Waals surface area contributed by atoms with E-state index in [0.29, 0.717) is 30.3 Å². The van der Waals surface area contributed by atoms with Crippen LogP contribution < -0.4 is 4.90 Å². The van der Waals surface area contributed by atoms with Gasteiger partial charge in [0.2, 0.25) is 11.8 Å².